The molecule has 0 heterocycles. The summed E-state index contributed by atoms with van der Waals surface area (Å²) in [6, 6.07) is 18.6. The first-order chi connectivity index (χ1) is 12.9. The van der Waals surface area contributed by atoms with Gasteiger partial charge in [-0.25, -0.2) is 0 Å². The predicted molar refractivity (Wildman–Crippen MR) is 109 cm³/mol. The number of aryl methyl sites for hydroxylation is 1. The topological polar surface area (TPSA) is 78.4 Å². The molecule has 0 aromatic heterocycles. The molecular weight excluding hydrogens is 408 g/mol. The molecule has 0 radical (unpaired) electrons. The van der Waals surface area contributed by atoms with Gasteiger partial charge in [-0.1, -0.05) is 34.1 Å². The number of hydrogen-bond acceptors (Lipinski definition) is 3. The normalized spacial score (nSPS) is 10.3. The van der Waals surface area contributed by atoms with Gasteiger partial charge in [0.15, 0.2) is 0 Å². The van der Waals surface area contributed by atoms with Crippen LogP contribution in [-0.4, -0.2) is 16.9 Å². The lowest BCUT2D eigenvalue weighted by atomic mass is 10.1. The first kappa shape index (κ1) is 18.7. The average molecular weight is 425 g/mol. The smallest absolute Gasteiger partial charge is 0.255 e. The van der Waals surface area contributed by atoms with Gasteiger partial charge in [-0.3, -0.25) is 9.59 Å². The van der Waals surface area contributed by atoms with Crippen LogP contribution >= 0.6 is 15.9 Å². The monoisotopic (exact) mass is 424 g/mol. The molecular formula is C21H17BrN2O3. The van der Waals surface area contributed by atoms with Crippen LogP contribution in [-0.2, 0) is 0 Å². The first-order valence-corrected chi connectivity index (χ1v) is 8.99. The zero-order chi connectivity index (χ0) is 19.4. The molecule has 0 saturated carbocycles. The fraction of sp³-hybridized carbons (Fsp3) is 0.0476. The van der Waals surface area contributed by atoms with E-state index in [1.165, 1.54) is 6.07 Å². The van der Waals surface area contributed by atoms with Crippen molar-refractivity contribution in [2.24, 2.45) is 0 Å². The summed E-state index contributed by atoms with van der Waals surface area (Å²) in [5.74, 6) is -0.660. The number of phenols is 1. The molecule has 3 rings (SSSR count). The summed E-state index contributed by atoms with van der Waals surface area (Å²) in [6.07, 6.45) is 0. The van der Waals surface area contributed by atoms with E-state index in [4.69, 9.17) is 0 Å². The van der Waals surface area contributed by atoms with Crippen LogP contribution in [0.5, 0.6) is 5.75 Å². The van der Waals surface area contributed by atoms with Crippen molar-refractivity contribution < 1.29 is 14.7 Å². The van der Waals surface area contributed by atoms with Gasteiger partial charge in [-0.05, 0) is 61.0 Å². The molecule has 0 aliphatic carbocycles. The van der Waals surface area contributed by atoms with Crippen LogP contribution in [0.4, 0.5) is 11.4 Å². The zero-order valence-electron chi connectivity index (χ0n) is 14.5. The SMILES string of the molecule is Cc1ccc(O)c(NC(=O)c2cccc(NC(=O)c3cccc(Br)c3)c2)c1. The second kappa shape index (κ2) is 8.05. The lowest BCUT2D eigenvalue weighted by molar-refractivity contribution is 0.101. The van der Waals surface area contributed by atoms with Gasteiger partial charge in [0.2, 0.25) is 0 Å². The summed E-state index contributed by atoms with van der Waals surface area (Å²) in [5.41, 5.74) is 2.62. The van der Waals surface area contributed by atoms with Gasteiger partial charge in [-0.15, -0.1) is 0 Å². The number of benzene rings is 3. The van der Waals surface area contributed by atoms with Gasteiger partial charge < -0.3 is 15.7 Å². The van der Waals surface area contributed by atoms with E-state index in [9.17, 15) is 14.7 Å². The number of rotatable bonds is 4. The highest BCUT2D eigenvalue weighted by molar-refractivity contribution is 9.10. The highest BCUT2D eigenvalue weighted by Gasteiger charge is 2.11. The van der Waals surface area contributed by atoms with E-state index in [0.717, 1.165) is 10.0 Å². The second-order valence-corrected chi connectivity index (χ2v) is 6.94. The Morgan fingerprint density at radius 2 is 1.52 bits per heavy atom. The van der Waals surface area contributed by atoms with Crippen molar-refractivity contribution in [2.75, 3.05) is 10.6 Å². The van der Waals surface area contributed by atoms with Gasteiger partial charge in [0.05, 0.1) is 5.69 Å². The third-order valence-electron chi connectivity index (χ3n) is 3.87. The van der Waals surface area contributed by atoms with E-state index in [1.54, 1.807) is 54.6 Å². The predicted octanol–water partition coefficient (Wildman–Crippen LogP) is 4.97. The summed E-state index contributed by atoms with van der Waals surface area (Å²) in [5, 5.41) is 15.3. The molecule has 0 bridgehead atoms. The largest absolute Gasteiger partial charge is 0.506 e. The number of hydrogen-bond donors (Lipinski definition) is 3. The van der Waals surface area contributed by atoms with Crippen LogP contribution in [0.3, 0.4) is 0 Å². The Hall–Kier alpha value is -3.12. The van der Waals surface area contributed by atoms with Gasteiger partial charge in [0.25, 0.3) is 11.8 Å². The quantitative estimate of drug-likeness (QED) is 0.517. The summed E-state index contributed by atoms with van der Waals surface area (Å²) in [6.45, 7) is 1.87. The van der Waals surface area contributed by atoms with Crippen molar-refractivity contribution in [1.82, 2.24) is 0 Å². The van der Waals surface area contributed by atoms with Crippen molar-refractivity contribution in [3.8, 4) is 5.75 Å². The minimum Gasteiger partial charge on any atom is -0.506 e. The first-order valence-electron chi connectivity index (χ1n) is 8.20. The van der Waals surface area contributed by atoms with E-state index >= 15 is 0 Å². The van der Waals surface area contributed by atoms with Crippen LogP contribution in [0.1, 0.15) is 26.3 Å². The maximum atomic E-state index is 12.5. The number of phenolic OH excluding ortho intramolecular Hbond substituents is 1. The van der Waals surface area contributed by atoms with Crippen LogP contribution in [0.25, 0.3) is 0 Å². The lowest BCUT2D eigenvalue weighted by Gasteiger charge is -2.10. The standard InChI is InChI=1S/C21H17BrN2O3/c1-13-8-9-19(25)18(10-13)24-21(27)15-5-3-7-17(12-15)23-20(26)14-4-2-6-16(22)11-14/h2-12,25H,1H3,(H,23,26)(H,24,27). The third-order valence-corrected chi connectivity index (χ3v) is 4.36. The van der Waals surface area contributed by atoms with Crippen LogP contribution in [0.2, 0.25) is 0 Å². The summed E-state index contributed by atoms with van der Waals surface area (Å²) in [7, 11) is 0. The van der Waals surface area contributed by atoms with Crippen molar-refractivity contribution in [3.05, 3.63) is 87.9 Å². The number of nitrogens with one attached hydrogen (secondary N) is 2. The van der Waals surface area contributed by atoms with Crippen molar-refractivity contribution in [1.29, 1.82) is 0 Å². The summed E-state index contributed by atoms with van der Waals surface area (Å²) < 4.78 is 0.807. The molecule has 0 fully saturated rings. The van der Waals surface area contributed by atoms with Crippen molar-refractivity contribution in [3.63, 3.8) is 0 Å². The van der Waals surface area contributed by atoms with E-state index in [0.29, 0.717) is 22.5 Å². The highest BCUT2D eigenvalue weighted by Crippen LogP contribution is 2.25. The van der Waals surface area contributed by atoms with Crippen LogP contribution in [0.15, 0.2) is 71.2 Å². The Morgan fingerprint density at radius 1 is 0.852 bits per heavy atom. The number of anilines is 2. The molecule has 2 amide bonds. The van der Waals surface area contributed by atoms with Gasteiger partial charge in [0, 0.05) is 21.3 Å². The molecule has 136 valence electrons. The van der Waals surface area contributed by atoms with E-state index in [2.05, 4.69) is 26.6 Å². The lowest BCUT2D eigenvalue weighted by Crippen LogP contribution is -2.14. The van der Waals surface area contributed by atoms with E-state index < -0.39 is 0 Å². The van der Waals surface area contributed by atoms with Gasteiger partial charge in [0.1, 0.15) is 5.75 Å². The van der Waals surface area contributed by atoms with Crippen molar-refractivity contribution in [2.45, 2.75) is 6.92 Å². The zero-order valence-corrected chi connectivity index (χ0v) is 16.1. The third kappa shape index (κ3) is 4.74. The fourth-order valence-electron chi connectivity index (χ4n) is 2.52. The Morgan fingerprint density at radius 3 is 2.26 bits per heavy atom. The van der Waals surface area contributed by atoms with Crippen LogP contribution < -0.4 is 10.6 Å². The molecule has 3 aromatic carbocycles. The molecule has 0 saturated heterocycles. The van der Waals surface area contributed by atoms with E-state index in [-0.39, 0.29) is 17.6 Å². The molecule has 3 N–H and O–H groups in total. The molecule has 0 unspecified atom stereocenters. The maximum Gasteiger partial charge on any atom is 0.255 e. The van der Waals surface area contributed by atoms with Gasteiger partial charge >= 0.3 is 0 Å². The molecule has 0 aliphatic rings. The number of aromatic hydroxyl groups is 1. The molecule has 0 spiro atoms. The Kier molecular flexibility index (Phi) is 5.57. The molecule has 0 aliphatic heterocycles. The highest BCUT2D eigenvalue weighted by atomic mass is 79.9. The number of carbonyl (C=O) groups excluding carboxylic acids is 2. The second-order valence-electron chi connectivity index (χ2n) is 6.02. The number of halogens is 1. The minimum atomic E-state index is -0.380. The van der Waals surface area contributed by atoms with Crippen molar-refractivity contribution >= 4 is 39.1 Å². The molecule has 27 heavy (non-hydrogen) atoms. The van der Waals surface area contributed by atoms with Crippen LogP contribution in [0, 0.1) is 6.92 Å². The Balaban J connectivity index is 1.76. The molecule has 0 atom stereocenters. The average Bonchev–Trinajstić information content (AvgIpc) is 2.65. The number of carbonyl (C=O) groups is 2. The summed E-state index contributed by atoms with van der Waals surface area (Å²) in [4.78, 5) is 24.8. The molecule has 5 nitrogen and oxygen atoms in total. The van der Waals surface area contributed by atoms with E-state index in [1.807, 2.05) is 13.0 Å². The molecule has 6 heteroatoms. The molecule has 3 aromatic rings. The Bertz CT molecular complexity index is 1020. The maximum absolute atomic E-state index is 12.5. The minimum absolute atomic E-state index is 0.00642. The number of amides is 2. The van der Waals surface area contributed by atoms with Gasteiger partial charge in [-0.2, -0.15) is 0 Å². The Labute approximate surface area is 165 Å². The fourth-order valence-corrected chi connectivity index (χ4v) is 2.91. The summed E-state index contributed by atoms with van der Waals surface area (Å²) >= 11 is 3.34.